The Bertz CT molecular complexity index is 140. The molecule has 1 saturated heterocycles. The summed E-state index contributed by atoms with van der Waals surface area (Å²) >= 11 is 0. The molecule has 3 nitrogen and oxygen atoms in total. The third kappa shape index (κ3) is 2.34. The van der Waals surface area contributed by atoms with Crippen molar-refractivity contribution in [3.05, 3.63) is 0 Å². The number of esters is 1. The van der Waals surface area contributed by atoms with Crippen LogP contribution < -0.4 is 5.32 Å². The van der Waals surface area contributed by atoms with Gasteiger partial charge in [-0.25, -0.2) is 0 Å². The first-order valence-corrected chi connectivity index (χ1v) is 3.54. The van der Waals surface area contributed by atoms with E-state index in [1.165, 1.54) is 7.11 Å². The van der Waals surface area contributed by atoms with E-state index in [1.54, 1.807) is 0 Å². The van der Waals surface area contributed by atoms with Gasteiger partial charge in [0, 0.05) is 6.54 Å². The van der Waals surface area contributed by atoms with E-state index in [-0.39, 0.29) is 24.3 Å². The van der Waals surface area contributed by atoms with Crippen molar-refractivity contribution in [2.24, 2.45) is 11.8 Å². The number of nitrogens with one attached hydrogen (secondary N) is 1. The van der Waals surface area contributed by atoms with Crippen molar-refractivity contribution in [2.75, 3.05) is 20.2 Å². The van der Waals surface area contributed by atoms with E-state index in [1.807, 2.05) is 0 Å². The number of hydrogen-bond acceptors (Lipinski definition) is 3. The smallest absolute Gasteiger partial charge is 0.310 e. The van der Waals surface area contributed by atoms with Crippen LogP contribution in [0.1, 0.15) is 6.92 Å². The molecule has 0 aromatic carbocycles. The lowest BCUT2D eigenvalue weighted by Crippen LogP contribution is -2.22. The molecule has 0 aliphatic carbocycles. The Morgan fingerprint density at radius 1 is 1.55 bits per heavy atom. The average molecular weight is 180 g/mol. The van der Waals surface area contributed by atoms with Crippen molar-refractivity contribution in [1.82, 2.24) is 5.32 Å². The van der Waals surface area contributed by atoms with Crippen molar-refractivity contribution >= 4 is 18.4 Å². The largest absolute Gasteiger partial charge is 0.469 e. The number of carbonyl (C=O) groups is 1. The first kappa shape index (κ1) is 10.7. The van der Waals surface area contributed by atoms with Gasteiger partial charge >= 0.3 is 5.97 Å². The molecule has 1 fully saturated rings. The predicted octanol–water partition coefficient (Wildman–Crippen LogP) is 0.437. The highest BCUT2D eigenvalue weighted by Gasteiger charge is 2.29. The molecule has 4 heteroatoms. The van der Waals surface area contributed by atoms with Crippen molar-refractivity contribution in [3.63, 3.8) is 0 Å². The van der Waals surface area contributed by atoms with Crippen LogP contribution in [0, 0.1) is 11.8 Å². The molecule has 0 aromatic heterocycles. The van der Waals surface area contributed by atoms with Crippen LogP contribution in [0.15, 0.2) is 0 Å². The summed E-state index contributed by atoms with van der Waals surface area (Å²) in [6, 6.07) is 0. The highest BCUT2D eigenvalue weighted by Crippen LogP contribution is 2.16. The molecule has 0 spiro atoms. The van der Waals surface area contributed by atoms with Gasteiger partial charge in [0.05, 0.1) is 13.0 Å². The molecule has 0 amide bonds. The lowest BCUT2D eigenvalue weighted by atomic mass is 9.99. The molecule has 0 radical (unpaired) electrons. The van der Waals surface area contributed by atoms with E-state index in [4.69, 9.17) is 0 Å². The minimum atomic E-state index is -0.0856. The second-order valence-corrected chi connectivity index (χ2v) is 2.77. The Morgan fingerprint density at radius 3 is 2.55 bits per heavy atom. The Morgan fingerprint density at radius 2 is 2.18 bits per heavy atom. The third-order valence-electron chi connectivity index (χ3n) is 2.02. The van der Waals surface area contributed by atoms with Crippen LogP contribution in [0.3, 0.4) is 0 Å². The normalized spacial score (nSPS) is 29.3. The fourth-order valence-corrected chi connectivity index (χ4v) is 1.28. The molecule has 0 bridgehead atoms. The van der Waals surface area contributed by atoms with Crippen molar-refractivity contribution in [3.8, 4) is 0 Å². The second-order valence-electron chi connectivity index (χ2n) is 2.77. The summed E-state index contributed by atoms with van der Waals surface area (Å²) in [6.45, 7) is 3.76. The first-order valence-electron chi connectivity index (χ1n) is 3.54. The van der Waals surface area contributed by atoms with Crippen LogP contribution in [0.2, 0.25) is 0 Å². The van der Waals surface area contributed by atoms with Gasteiger partial charge in [0.15, 0.2) is 0 Å². The molecule has 11 heavy (non-hydrogen) atoms. The third-order valence-corrected chi connectivity index (χ3v) is 2.02. The number of hydrogen-bond donors (Lipinski definition) is 1. The van der Waals surface area contributed by atoms with Gasteiger partial charge in [-0.2, -0.15) is 0 Å². The molecule has 0 aromatic rings. The molecule has 1 rings (SSSR count). The van der Waals surface area contributed by atoms with E-state index >= 15 is 0 Å². The standard InChI is InChI=1S/C7H13NO2.ClH/c1-5-3-8-4-6(5)7(9)10-2;/h5-6,8H,3-4H2,1-2H3;1H/t5-,6-;/m0./s1. The molecule has 1 aliphatic rings. The Kier molecular flexibility index (Phi) is 4.45. The van der Waals surface area contributed by atoms with Gasteiger partial charge in [-0.05, 0) is 12.5 Å². The first-order chi connectivity index (χ1) is 4.75. The Labute approximate surface area is 72.9 Å². The monoisotopic (exact) mass is 179 g/mol. The molecule has 0 saturated carbocycles. The lowest BCUT2D eigenvalue weighted by Gasteiger charge is -2.09. The maximum absolute atomic E-state index is 11.0. The molecule has 1 aliphatic heterocycles. The number of carbonyl (C=O) groups excluding carboxylic acids is 1. The lowest BCUT2D eigenvalue weighted by molar-refractivity contribution is -0.145. The van der Waals surface area contributed by atoms with Crippen LogP contribution in [-0.4, -0.2) is 26.2 Å². The number of methoxy groups -OCH3 is 1. The molecule has 66 valence electrons. The summed E-state index contributed by atoms with van der Waals surface area (Å²) in [5.41, 5.74) is 0. The summed E-state index contributed by atoms with van der Waals surface area (Å²) in [4.78, 5) is 11.0. The summed E-state index contributed by atoms with van der Waals surface area (Å²) < 4.78 is 4.63. The summed E-state index contributed by atoms with van der Waals surface area (Å²) in [5, 5.41) is 3.14. The van der Waals surface area contributed by atoms with Gasteiger partial charge < -0.3 is 10.1 Å². The van der Waals surface area contributed by atoms with Gasteiger partial charge in [-0.3, -0.25) is 4.79 Å². The fraction of sp³-hybridized carbons (Fsp3) is 0.857. The van der Waals surface area contributed by atoms with Crippen LogP contribution in [0.5, 0.6) is 0 Å². The van der Waals surface area contributed by atoms with Gasteiger partial charge in [0.2, 0.25) is 0 Å². The number of rotatable bonds is 1. The van der Waals surface area contributed by atoms with Crippen molar-refractivity contribution < 1.29 is 9.53 Å². The molecular formula is C7H14ClNO2. The summed E-state index contributed by atoms with van der Waals surface area (Å²) in [6.07, 6.45) is 0. The Balaban J connectivity index is 0.000001000. The molecule has 0 unspecified atom stereocenters. The van der Waals surface area contributed by atoms with Gasteiger partial charge in [0.1, 0.15) is 0 Å². The van der Waals surface area contributed by atoms with Gasteiger partial charge in [-0.15, -0.1) is 12.4 Å². The predicted molar refractivity (Wildman–Crippen MR) is 44.8 cm³/mol. The fourth-order valence-electron chi connectivity index (χ4n) is 1.28. The molecule has 1 N–H and O–H groups in total. The van der Waals surface area contributed by atoms with E-state index in [9.17, 15) is 4.79 Å². The van der Waals surface area contributed by atoms with Crippen molar-refractivity contribution in [1.29, 1.82) is 0 Å². The van der Waals surface area contributed by atoms with Crippen LogP contribution in [0.4, 0.5) is 0 Å². The highest BCUT2D eigenvalue weighted by molar-refractivity contribution is 5.85. The molecular weight excluding hydrogens is 166 g/mol. The van der Waals surface area contributed by atoms with E-state index < -0.39 is 0 Å². The average Bonchev–Trinajstić information content (AvgIpc) is 2.34. The Hall–Kier alpha value is -0.280. The van der Waals surface area contributed by atoms with Crippen LogP contribution in [0.25, 0.3) is 0 Å². The molecule has 1 heterocycles. The maximum Gasteiger partial charge on any atom is 0.310 e. The van der Waals surface area contributed by atoms with Gasteiger partial charge in [-0.1, -0.05) is 6.92 Å². The SMILES string of the molecule is COC(=O)[C@H]1CNC[C@@H]1C.Cl. The van der Waals surface area contributed by atoms with E-state index in [0.717, 1.165) is 13.1 Å². The quantitative estimate of drug-likeness (QED) is 0.594. The highest BCUT2D eigenvalue weighted by atomic mass is 35.5. The van der Waals surface area contributed by atoms with E-state index in [0.29, 0.717) is 5.92 Å². The zero-order chi connectivity index (χ0) is 7.56. The van der Waals surface area contributed by atoms with E-state index in [2.05, 4.69) is 17.0 Å². The molecule has 2 atom stereocenters. The zero-order valence-corrected chi connectivity index (χ0v) is 7.61. The minimum Gasteiger partial charge on any atom is -0.469 e. The number of halogens is 1. The van der Waals surface area contributed by atoms with Crippen LogP contribution >= 0.6 is 12.4 Å². The minimum absolute atomic E-state index is 0. The van der Waals surface area contributed by atoms with Crippen molar-refractivity contribution in [2.45, 2.75) is 6.92 Å². The second kappa shape index (κ2) is 4.57. The maximum atomic E-state index is 11.0. The van der Waals surface area contributed by atoms with Gasteiger partial charge in [0.25, 0.3) is 0 Å². The topological polar surface area (TPSA) is 38.3 Å². The zero-order valence-electron chi connectivity index (χ0n) is 6.79. The summed E-state index contributed by atoms with van der Waals surface area (Å²) in [5.74, 6) is 0.412. The number of ether oxygens (including phenoxy) is 1. The summed E-state index contributed by atoms with van der Waals surface area (Å²) in [7, 11) is 1.44. The van der Waals surface area contributed by atoms with Crippen LogP contribution in [-0.2, 0) is 9.53 Å².